The van der Waals surface area contributed by atoms with Crippen LogP contribution in [-0.2, 0) is 24.7 Å². The molecule has 0 aliphatic rings. The minimum absolute atomic E-state index is 0.0804. The molecule has 0 heterocycles. The molecule has 0 saturated heterocycles. The molecule has 10 heteroatoms. The van der Waals surface area contributed by atoms with Crippen LogP contribution in [0.15, 0.2) is 28.0 Å². The standard InChI is InChI=1S/C14H21NO7S2/c1-5-9(2)13(14(16)17)15-24(20,21)12-8-10(23(4,18)19)6-7-11(12)22-3/h6-9,13,15H,5H2,1-4H3,(H,16,17)/t9-,13-/m0/s1. The highest BCUT2D eigenvalue weighted by Gasteiger charge is 2.31. The van der Waals surface area contributed by atoms with Crippen LogP contribution in [0.2, 0.25) is 0 Å². The molecule has 0 aliphatic heterocycles. The van der Waals surface area contributed by atoms with Gasteiger partial charge >= 0.3 is 5.97 Å². The Morgan fingerprint density at radius 3 is 2.29 bits per heavy atom. The summed E-state index contributed by atoms with van der Waals surface area (Å²) < 4.78 is 55.5. The zero-order valence-electron chi connectivity index (χ0n) is 13.8. The molecule has 0 saturated carbocycles. The van der Waals surface area contributed by atoms with Crippen LogP contribution in [0.1, 0.15) is 20.3 Å². The number of hydrogen-bond donors (Lipinski definition) is 2. The Kier molecular flexibility index (Phi) is 6.37. The lowest BCUT2D eigenvalue weighted by Gasteiger charge is -2.21. The molecule has 1 rings (SSSR count). The molecule has 0 amide bonds. The molecule has 0 unspecified atom stereocenters. The molecule has 0 aliphatic carbocycles. The summed E-state index contributed by atoms with van der Waals surface area (Å²) in [6.07, 6.45) is 1.39. The largest absolute Gasteiger partial charge is 0.495 e. The van der Waals surface area contributed by atoms with Gasteiger partial charge in [0.1, 0.15) is 16.7 Å². The van der Waals surface area contributed by atoms with E-state index in [9.17, 15) is 26.7 Å². The molecule has 0 bridgehead atoms. The number of aliphatic carboxylic acids is 1. The maximum Gasteiger partial charge on any atom is 0.322 e. The summed E-state index contributed by atoms with van der Waals surface area (Å²) in [6, 6.07) is 2.04. The summed E-state index contributed by atoms with van der Waals surface area (Å²) in [7, 11) is -6.71. The van der Waals surface area contributed by atoms with Crippen LogP contribution in [0.3, 0.4) is 0 Å². The van der Waals surface area contributed by atoms with Crippen molar-refractivity contribution in [1.29, 1.82) is 0 Å². The van der Waals surface area contributed by atoms with Gasteiger partial charge in [-0.25, -0.2) is 16.8 Å². The van der Waals surface area contributed by atoms with E-state index in [0.29, 0.717) is 6.42 Å². The van der Waals surface area contributed by atoms with Gasteiger partial charge in [0, 0.05) is 6.26 Å². The van der Waals surface area contributed by atoms with Gasteiger partial charge in [-0.1, -0.05) is 20.3 Å². The van der Waals surface area contributed by atoms with E-state index in [-0.39, 0.29) is 10.6 Å². The number of sulfonamides is 1. The quantitative estimate of drug-likeness (QED) is 0.686. The molecule has 24 heavy (non-hydrogen) atoms. The molecular formula is C14H21NO7S2. The first-order chi connectivity index (χ1) is 10.9. The van der Waals surface area contributed by atoms with Gasteiger partial charge in [-0.15, -0.1) is 0 Å². The first kappa shape index (κ1) is 20.4. The summed E-state index contributed by atoms with van der Waals surface area (Å²) >= 11 is 0. The summed E-state index contributed by atoms with van der Waals surface area (Å²) in [5.74, 6) is -1.85. The lowest BCUT2D eigenvalue weighted by atomic mass is 10.0. The normalized spacial score (nSPS) is 14.8. The summed E-state index contributed by atoms with van der Waals surface area (Å²) in [5, 5.41) is 9.24. The lowest BCUT2D eigenvalue weighted by molar-refractivity contribution is -0.140. The second-order valence-electron chi connectivity index (χ2n) is 5.41. The molecule has 0 aromatic heterocycles. The first-order valence-electron chi connectivity index (χ1n) is 7.07. The number of hydrogen-bond acceptors (Lipinski definition) is 6. The minimum Gasteiger partial charge on any atom is -0.495 e. The predicted molar refractivity (Wildman–Crippen MR) is 87.3 cm³/mol. The van der Waals surface area contributed by atoms with E-state index in [0.717, 1.165) is 12.3 Å². The van der Waals surface area contributed by atoms with Crippen LogP contribution in [0.25, 0.3) is 0 Å². The summed E-state index contributed by atoms with van der Waals surface area (Å²) in [6.45, 7) is 3.34. The highest BCUT2D eigenvalue weighted by Crippen LogP contribution is 2.27. The van der Waals surface area contributed by atoms with E-state index in [1.165, 1.54) is 19.2 Å². The van der Waals surface area contributed by atoms with Gasteiger partial charge in [-0.05, 0) is 24.1 Å². The van der Waals surface area contributed by atoms with Crippen LogP contribution < -0.4 is 9.46 Å². The number of methoxy groups -OCH3 is 1. The Morgan fingerprint density at radius 2 is 1.88 bits per heavy atom. The van der Waals surface area contributed by atoms with Crippen molar-refractivity contribution in [3.05, 3.63) is 18.2 Å². The third kappa shape index (κ3) is 4.68. The highest BCUT2D eigenvalue weighted by molar-refractivity contribution is 7.91. The molecule has 0 fully saturated rings. The van der Waals surface area contributed by atoms with Crippen molar-refractivity contribution >= 4 is 25.8 Å². The minimum atomic E-state index is -4.31. The molecule has 8 nitrogen and oxygen atoms in total. The van der Waals surface area contributed by atoms with Crippen LogP contribution in [0.5, 0.6) is 5.75 Å². The summed E-state index contributed by atoms with van der Waals surface area (Å²) in [5.41, 5.74) is 0. The number of benzene rings is 1. The first-order valence-corrected chi connectivity index (χ1v) is 10.4. The van der Waals surface area contributed by atoms with Crippen molar-refractivity contribution in [2.75, 3.05) is 13.4 Å². The molecule has 0 spiro atoms. The number of rotatable bonds is 8. The molecule has 136 valence electrons. The SMILES string of the molecule is CC[C@H](C)[C@H](NS(=O)(=O)c1cc(S(C)(=O)=O)ccc1OC)C(=O)O. The second-order valence-corrected chi connectivity index (χ2v) is 9.11. The van der Waals surface area contributed by atoms with Crippen molar-refractivity contribution in [3.63, 3.8) is 0 Å². The average molecular weight is 379 g/mol. The Bertz CT molecular complexity index is 816. The number of carbonyl (C=O) groups is 1. The van der Waals surface area contributed by atoms with Crippen molar-refractivity contribution < 1.29 is 31.5 Å². The van der Waals surface area contributed by atoms with Crippen molar-refractivity contribution in [3.8, 4) is 5.75 Å². The van der Waals surface area contributed by atoms with E-state index < -0.39 is 42.7 Å². The smallest absolute Gasteiger partial charge is 0.322 e. The Balaban J connectivity index is 3.43. The van der Waals surface area contributed by atoms with E-state index in [4.69, 9.17) is 4.74 Å². The fraction of sp³-hybridized carbons (Fsp3) is 0.500. The molecule has 1 aromatic rings. The molecular weight excluding hydrogens is 358 g/mol. The third-order valence-electron chi connectivity index (χ3n) is 3.61. The molecule has 2 atom stereocenters. The maximum absolute atomic E-state index is 12.6. The third-order valence-corrected chi connectivity index (χ3v) is 6.19. The lowest BCUT2D eigenvalue weighted by Crippen LogP contribution is -2.45. The van der Waals surface area contributed by atoms with Crippen LogP contribution in [0.4, 0.5) is 0 Å². The van der Waals surface area contributed by atoms with Crippen LogP contribution in [0, 0.1) is 5.92 Å². The molecule has 0 radical (unpaired) electrons. The van der Waals surface area contributed by atoms with Gasteiger partial charge in [0.2, 0.25) is 10.0 Å². The fourth-order valence-corrected chi connectivity index (χ4v) is 4.19. The highest BCUT2D eigenvalue weighted by atomic mass is 32.2. The summed E-state index contributed by atoms with van der Waals surface area (Å²) in [4.78, 5) is 10.7. The van der Waals surface area contributed by atoms with Gasteiger partial charge in [0.15, 0.2) is 9.84 Å². The number of nitrogens with one attached hydrogen (secondary N) is 1. The van der Waals surface area contributed by atoms with E-state index in [2.05, 4.69) is 4.72 Å². The number of sulfone groups is 1. The second kappa shape index (κ2) is 7.49. The number of carboxylic acid groups (broad SMARTS) is 1. The molecule has 1 aromatic carbocycles. The van der Waals surface area contributed by atoms with Gasteiger partial charge < -0.3 is 9.84 Å². The number of carboxylic acids is 1. The Labute approximate surface area is 141 Å². The zero-order valence-corrected chi connectivity index (χ0v) is 15.4. The fourth-order valence-electron chi connectivity index (χ4n) is 1.97. The van der Waals surface area contributed by atoms with Crippen molar-refractivity contribution in [2.24, 2.45) is 5.92 Å². The zero-order chi connectivity index (χ0) is 18.7. The van der Waals surface area contributed by atoms with Gasteiger partial charge in [-0.2, -0.15) is 4.72 Å². The number of ether oxygens (including phenoxy) is 1. The van der Waals surface area contributed by atoms with Gasteiger partial charge in [-0.3, -0.25) is 4.79 Å². The average Bonchev–Trinajstić information content (AvgIpc) is 2.50. The molecule has 2 N–H and O–H groups in total. The van der Waals surface area contributed by atoms with E-state index in [1.54, 1.807) is 13.8 Å². The van der Waals surface area contributed by atoms with Crippen LogP contribution >= 0.6 is 0 Å². The van der Waals surface area contributed by atoms with Crippen LogP contribution in [-0.4, -0.2) is 47.3 Å². The van der Waals surface area contributed by atoms with Gasteiger partial charge in [0.25, 0.3) is 0 Å². The van der Waals surface area contributed by atoms with Gasteiger partial charge in [0.05, 0.1) is 12.0 Å². The van der Waals surface area contributed by atoms with Crippen molar-refractivity contribution in [1.82, 2.24) is 4.72 Å². The Hall–Kier alpha value is -1.65. The van der Waals surface area contributed by atoms with E-state index in [1.807, 2.05) is 0 Å². The monoisotopic (exact) mass is 379 g/mol. The Morgan fingerprint density at radius 1 is 1.29 bits per heavy atom. The maximum atomic E-state index is 12.6. The predicted octanol–water partition coefficient (Wildman–Crippen LogP) is 0.876. The van der Waals surface area contributed by atoms with E-state index >= 15 is 0 Å². The van der Waals surface area contributed by atoms with Crippen molar-refractivity contribution in [2.45, 2.75) is 36.1 Å². The topological polar surface area (TPSA) is 127 Å².